The average Bonchev–Trinajstić information content (AvgIpc) is 2.53. The second kappa shape index (κ2) is 8.54. The summed E-state index contributed by atoms with van der Waals surface area (Å²) in [5, 5.41) is 6.32. The first-order valence-corrected chi connectivity index (χ1v) is 7.89. The van der Waals surface area contributed by atoms with Gasteiger partial charge in [-0.05, 0) is 57.0 Å². The van der Waals surface area contributed by atoms with Gasteiger partial charge in [-0.2, -0.15) is 0 Å². The number of carbonyl (C=O) groups is 2. The van der Waals surface area contributed by atoms with Crippen LogP contribution in [0.5, 0.6) is 5.75 Å². The van der Waals surface area contributed by atoms with E-state index in [4.69, 9.17) is 4.74 Å². The Kier molecular flexibility index (Phi) is 6.40. The van der Waals surface area contributed by atoms with Gasteiger partial charge < -0.3 is 15.4 Å². The summed E-state index contributed by atoms with van der Waals surface area (Å²) in [7, 11) is 0. The van der Waals surface area contributed by atoms with Gasteiger partial charge in [0.05, 0.1) is 6.61 Å². The molecule has 1 aromatic carbocycles. The summed E-state index contributed by atoms with van der Waals surface area (Å²) in [6.07, 6.45) is 3.32. The molecule has 0 bridgehead atoms. The normalized spacial score (nSPS) is 17.8. The quantitative estimate of drug-likeness (QED) is 0.596. The standard InChI is InChI=1S/C17H24N2O3/c1-13(20)14-6-8-16(9-7-14)22-11-3-5-17(21)19-15-4-2-10-18-12-15/h6-9,15,18H,2-5,10-12H2,1H3,(H,19,21). The summed E-state index contributed by atoms with van der Waals surface area (Å²) in [6, 6.07) is 7.33. The summed E-state index contributed by atoms with van der Waals surface area (Å²) in [5.74, 6) is 0.853. The van der Waals surface area contributed by atoms with Crippen LogP contribution in [0.1, 0.15) is 43.0 Å². The number of ketones is 1. The molecule has 1 saturated heterocycles. The van der Waals surface area contributed by atoms with Crippen molar-refractivity contribution in [3.63, 3.8) is 0 Å². The molecule has 0 saturated carbocycles. The Labute approximate surface area is 131 Å². The van der Waals surface area contributed by atoms with E-state index in [0.717, 1.165) is 31.7 Å². The number of rotatable bonds is 7. The van der Waals surface area contributed by atoms with Crippen LogP contribution in [0.25, 0.3) is 0 Å². The Hall–Kier alpha value is -1.88. The van der Waals surface area contributed by atoms with Crippen molar-refractivity contribution < 1.29 is 14.3 Å². The molecular formula is C17H24N2O3. The predicted octanol–water partition coefficient (Wildman–Crippen LogP) is 1.92. The van der Waals surface area contributed by atoms with Crippen molar-refractivity contribution in [3.8, 4) is 5.75 Å². The topological polar surface area (TPSA) is 67.4 Å². The molecule has 0 spiro atoms. The third-order valence-electron chi connectivity index (χ3n) is 3.74. The number of piperidine rings is 1. The molecule has 1 fully saturated rings. The van der Waals surface area contributed by atoms with Crippen molar-refractivity contribution in [3.05, 3.63) is 29.8 Å². The van der Waals surface area contributed by atoms with Crippen LogP contribution < -0.4 is 15.4 Å². The van der Waals surface area contributed by atoms with Crippen LogP contribution in [-0.4, -0.2) is 37.4 Å². The van der Waals surface area contributed by atoms with Crippen LogP contribution in [0.4, 0.5) is 0 Å². The summed E-state index contributed by atoms with van der Waals surface area (Å²) < 4.78 is 5.58. The summed E-state index contributed by atoms with van der Waals surface area (Å²) in [6.45, 7) is 3.94. The highest BCUT2D eigenvalue weighted by molar-refractivity contribution is 5.94. The lowest BCUT2D eigenvalue weighted by molar-refractivity contribution is -0.122. The fourth-order valence-corrected chi connectivity index (χ4v) is 2.48. The minimum atomic E-state index is 0.0421. The van der Waals surface area contributed by atoms with Crippen molar-refractivity contribution in [2.24, 2.45) is 0 Å². The molecule has 22 heavy (non-hydrogen) atoms. The van der Waals surface area contributed by atoms with Gasteiger partial charge in [0.25, 0.3) is 0 Å². The number of nitrogens with one attached hydrogen (secondary N) is 2. The Balaban J connectivity index is 1.61. The molecular weight excluding hydrogens is 280 g/mol. The first-order valence-electron chi connectivity index (χ1n) is 7.89. The van der Waals surface area contributed by atoms with E-state index >= 15 is 0 Å². The first-order chi connectivity index (χ1) is 10.6. The van der Waals surface area contributed by atoms with Gasteiger partial charge in [0.1, 0.15) is 5.75 Å². The molecule has 120 valence electrons. The maximum absolute atomic E-state index is 11.8. The van der Waals surface area contributed by atoms with Gasteiger partial charge in [-0.1, -0.05) is 0 Å². The van der Waals surface area contributed by atoms with Gasteiger partial charge in [0.2, 0.25) is 5.91 Å². The van der Waals surface area contributed by atoms with Gasteiger partial charge in [-0.3, -0.25) is 9.59 Å². The van der Waals surface area contributed by atoms with E-state index in [2.05, 4.69) is 10.6 Å². The number of hydrogen-bond donors (Lipinski definition) is 2. The molecule has 0 radical (unpaired) electrons. The van der Waals surface area contributed by atoms with E-state index < -0.39 is 0 Å². The lowest BCUT2D eigenvalue weighted by atomic mass is 10.1. The second-order valence-corrected chi connectivity index (χ2v) is 5.64. The molecule has 1 aromatic rings. The Morgan fingerprint density at radius 1 is 1.32 bits per heavy atom. The summed E-state index contributed by atoms with van der Waals surface area (Å²) in [4.78, 5) is 23.0. The van der Waals surface area contributed by atoms with E-state index in [9.17, 15) is 9.59 Å². The first kappa shape index (κ1) is 16.5. The highest BCUT2D eigenvalue weighted by Crippen LogP contribution is 2.13. The zero-order valence-corrected chi connectivity index (χ0v) is 13.1. The zero-order chi connectivity index (χ0) is 15.8. The van der Waals surface area contributed by atoms with Gasteiger partial charge in [-0.15, -0.1) is 0 Å². The highest BCUT2D eigenvalue weighted by atomic mass is 16.5. The monoisotopic (exact) mass is 304 g/mol. The smallest absolute Gasteiger partial charge is 0.220 e. The van der Waals surface area contributed by atoms with Gasteiger partial charge in [0.15, 0.2) is 5.78 Å². The van der Waals surface area contributed by atoms with Crippen LogP contribution >= 0.6 is 0 Å². The van der Waals surface area contributed by atoms with Gasteiger partial charge >= 0.3 is 0 Å². The lowest BCUT2D eigenvalue weighted by Gasteiger charge is -2.23. The molecule has 2 N–H and O–H groups in total. The van der Waals surface area contributed by atoms with Crippen molar-refractivity contribution in [1.82, 2.24) is 10.6 Å². The molecule has 0 aliphatic carbocycles. The SMILES string of the molecule is CC(=O)c1ccc(OCCCC(=O)NC2CCCNC2)cc1. The van der Waals surface area contributed by atoms with Gasteiger partial charge in [0, 0.05) is 24.6 Å². The molecule has 1 unspecified atom stereocenters. The molecule has 1 aliphatic rings. The predicted molar refractivity (Wildman–Crippen MR) is 85.2 cm³/mol. The highest BCUT2D eigenvalue weighted by Gasteiger charge is 2.14. The number of carbonyl (C=O) groups excluding carboxylic acids is 2. The zero-order valence-electron chi connectivity index (χ0n) is 13.1. The van der Waals surface area contributed by atoms with Crippen LogP contribution in [0.15, 0.2) is 24.3 Å². The van der Waals surface area contributed by atoms with Crippen LogP contribution in [-0.2, 0) is 4.79 Å². The van der Waals surface area contributed by atoms with Crippen LogP contribution in [0.3, 0.4) is 0 Å². The molecule has 5 heteroatoms. The Morgan fingerprint density at radius 3 is 2.73 bits per heavy atom. The molecule has 1 atom stereocenters. The summed E-state index contributed by atoms with van der Waals surface area (Å²) in [5.41, 5.74) is 0.674. The van der Waals surface area contributed by atoms with E-state index in [1.165, 1.54) is 6.92 Å². The second-order valence-electron chi connectivity index (χ2n) is 5.64. The van der Waals surface area contributed by atoms with Crippen molar-refractivity contribution in [2.45, 2.75) is 38.6 Å². The minimum absolute atomic E-state index is 0.0421. The Bertz CT molecular complexity index is 493. The molecule has 2 rings (SSSR count). The molecule has 5 nitrogen and oxygen atoms in total. The van der Waals surface area contributed by atoms with Crippen molar-refractivity contribution >= 4 is 11.7 Å². The van der Waals surface area contributed by atoms with E-state index in [-0.39, 0.29) is 17.7 Å². The number of amides is 1. The number of ether oxygens (including phenoxy) is 1. The number of benzene rings is 1. The molecule has 1 heterocycles. The molecule has 0 aromatic heterocycles. The Morgan fingerprint density at radius 2 is 2.09 bits per heavy atom. The number of Topliss-reactive ketones (excluding diaryl/α,β-unsaturated/α-hetero) is 1. The minimum Gasteiger partial charge on any atom is -0.494 e. The van der Waals surface area contributed by atoms with Gasteiger partial charge in [-0.25, -0.2) is 0 Å². The third kappa shape index (κ3) is 5.48. The lowest BCUT2D eigenvalue weighted by Crippen LogP contribution is -2.45. The molecule has 1 amide bonds. The fourth-order valence-electron chi connectivity index (χ4n) is 2.48. The van der Waals surface area contributed by atoms with E-state index in [1.54, 1.807) is 24.3 Å². The van der Waals surface area contributed by atoms with Crippen molar-refractivity contribution in [1.29, 1.82) is 0 Å². The molecule has 1 aliphatic heterocycles. The average molecular weight is 304 g/mol. The maximum atomic E-state index is 11.8. The largest absolute Gasteiger partial charge is 0.494 e. The van der Waals surface area contributed by atoms with Crippen molar-refractivity contribution in [2.75, 3.05) is 19.7 Å². The van der Waals surface area contributed by atoms with Crippen LogP contribution in [0, 0.1) is 0 Å². The third-order valence-corrected chi connectivity index (χ3v) is 3.74. The fraction of sp³-hybridized carbons (Fsp3) is 0.529. The van der Waals surface area contributed by atoms with E-state index in [1.807, 2.05) is 0 Å². The number of hydrogen-bond acceptors (Lipinski definition) is 4. The van der Waals surface area contributed by atoms with Crippen LogP contribution in [0.2, 0.25) is 0 Å². The maximum Gasteiger partial charge on any atom is 0.220 e. The van der Waals surface area contributed by atoms with E-state index in [0.29, 0.717) is 25.0 Å². The summed E-state index contributed by atoms with van der Waals surface area (Å²) >= 11 is 0.